The molecule has 44 heavy (non-hydrogen) atoms. The van der Waals surface area contributed by atoms with Crippen LogP contribution in [-0.2, 0) is 4.79 Å². The fourth-order valence-electron chi connectivity index (χ4n) is 4.63. The standard InChI is InChI=1S/C40H67NO3/c1-3-5-7-9-11-13-15-17-18-19-20-21-22-24-25-27-29-31-33-35-39(43)38(37-42)41-40(44)36-34-32-30-28-26-23-16-14-12-10-8-6-4-2/h6,8,12,14,20-21,23,25-27,30,32-33,35,38-39,42-43H,3-5,7,9-11,13,15-19,22,24,28-29,31,34,36-37H2,1-2H3,(H,41,44)/b8-6-,14-12-,21-20+,26-23-,27-25+,32-30-,35-33+. The molecule has 0 heterocycles. The summed E-state index contributed by atoms with van der Waals surface area (Å²) in [5.41, 5.74) is 0. The molecule has 0 aliphatic rings. The highest BCUT2D eigenvalue weighted by Gasteiger charge is 2.17. The Labute approximate surface area is 271 Å². The van der Waals surface area contributed by atoms with Crippen molar-refractivity contribution in [3.05, 3.63) is 85.1 Å². The number of carbonyl (C=O) groups excluding carboxylic acids is 1. The van der Waals surface area contributed by atoms with Crippen molar-refractivity contribution < 1.29 is 15.0 Å². The lowest BCUT2D eigenvalue weighted by Gasteiger charge is -2.19. The molecule has 0 fully saturated rings. The molecule has 0 saturated carbocycles. The van der Waals surface area contributed by atoms with Crippen molar-refractivity contribution in [1.29, 1.82) is 0 Å². The van der Waals surface area contributed by atoms with E-state index in [1.54, 1.807) is 6.08 Å². The molecule has 0 saturated heterocycles. The topological polar surface area (TPSA) is 69.6 Å². The van der Waals surface area contributed by atoms with E-state index in [1.807, 2.05) is 12.2 Å². The van der Waals surface area contributed by atoms with Crippen molar-refractivity contribution in [1.82, 2.24) is 5.32 Å². The first-order valence-electron chi connectivity index (χ1n) is 17.8. The number of nitrogens with one attached hydrogen (secondary N) is 1. The molecule has 0 aromatic heterocycles. The van der Waals surface area contributed by atoms with Crippen LogP contribution in [0.2, 0.25) is 0 Å². The van der Waals surface area contributed by atoms with Crippen LogP contribution in [0.4, 0.5) is 0 Å². The lowest BCUT2D eigenvalue weighted by Crippen LogP contribution is -2.45. The number of amides is 1. The van der Waals surface area contributed by atoms with E-state index in [4.69, 9.17) is 0 Å². The Hall–Kier alpha value is -2.43. The molecule has 0 aliphatic carbocycles. The quantitative estimate of drug-likeness (QED) is 0.0560. The average molecular weight is 610 g/mol. The number of carbonyl (C=O) groups is 1. The number of aliphatic hydroxyl groups is 2. The minimum absolute atomic E-state index is 0.163. The number of hydrogen-bond donors (Lipinski definition) is 3. The maximum Gasteiger partial charge on any atom is 0.220 e. The molecular formula is C40H67NO3. The maximum atomic E-state index is 12.2. The van der Waals surface area contributed by atoms with E-state index in [0.29, 0.717) is 12.8 Å². The highest BCUT2D eigenvalue weighted by Crippen LogP contribution is 2.11. The van der Waals surface area contributed by atoms with Gasteiger partial charge < -0.3 is 15.5 Å². The predicted molar refractivity (Wildman–Crippen MR) is 193 cm³/mol. The Morgan fingerprint density at radius 3 is 1.57 bits per heavy atom. The van der Waals surface area contributed by atoms with Crippen molar-refractivity contribution in [3.63, 3.8) is 0 Å². The van der Waals surface area contributed by atoms with Gasteiger partial charge in [-0.05, 0) is 70.6 Å². The van der Waals surface area contributed by atoms with Crippen molar-refractivity contribution >= 4 is 5.91 Å². The summed E-state index contributed by atoms with van der Waals surface area (Å²) in [6, 6.07) is -0.686. The van der Waals surface area contributed by atoms with Crippen molar-refractivity contribution in [2.45, 2.75) is 154 Å². The van der Waals surface area contributed by atoms with Crippen molar-refractivity contribution in [2.75, 3.05) is 6.61 Å². The highest BCUT2D eigenvalue weighted by molar-refractivity contribution is 5.76. The van der Waals surface area contributed by atoms with E-state index in [1.165, 1.54) is 64.2 Å². The van der Waals surface area contributed by atoms with Gasteiger partial charge in [0.05, 0.1) is 18.8 Å². The van der Waals surface area contributed by atoms with Crippen LogP contribution >= 0.6 is 0 Å². The van der Waals surface area contributed by atoms with Crippen LogP contribution in [0.25, 0.3) is 0 Å². The van der Waals surface area contributed by atoms with Gasteiger partial charge in [-0.15, -0.1) is 0 Å². The molecule has 2 unspecified atom stereocenters. The molecule has 0 aromatic carbocycles. The Kier molecular flexibility index (Phi) is 33.1. The molecule has 4 nitrogen and oxygen atoms in total. The first-order chi connectivity index (χ1) is 21.7. The molecule has 0 rings (SSSR count). The fraction of sp³-hybridized carbons (Fsp3) is 0.625. The second-order valence-electron chi connectivity index (χ2n) is 11.5. The first kappa shape index (κ1) is 41.6. The summed E-state index contributed by atoms with van der Waals surface area (Å²) < 4.78 is 0. The second kappa shape index (κ2) is 35.1. The lowest BCUT2D eigenvalue weighted by molar-refractivity contribution is -0.122. The zero-order chi connectivity index (χ0) is 32.2. The normalized spacial score (nSPS) is 14.2. The van der Waals surface area contributed by atoms with Crippen LogP contribution in [0.1, 0.15) is 142 Å². The zero-order valence-corrected chi connectivity index (χ0v) is 28.4. The van der Waals surface area contributed by atoms with Crippen LogP contribution < -0.4 is 5.32 Å². The molecule has 0 aliphatic heterocycles. The lowest BCUT2D eigenvalue weighted by atomic mass is 10.1. The van der Waals surface area contributed by atoms with Gasteiger partial charge in [0, 0.05) is 6.42 Å². The largest absolute Gasteiger partial charge is 0.394 e. The third-order valence-electron chi connectivity index (χ3n) is 7.35. The number of unbranched alkanes of at least 4 members (excludes halogenated alkanes) is 11. The molecular weight excluding hydrogens is 542 g/mol. The van der Waals surface area contributed by atoms with Crippen molar-refractivity contribution in [3.8, 4) is 0 Å². The molecule has 0 bridgehead atoms. The summed E-state index contributed by atoms with van der Waals surface area (Å²) in [6.45, 7) is 4.11. The van der Waals surface area contributed by atoms with Gasteiger partial charge in [0.1, 0.15) is 0 Å². The first-order valence-corrected chi connectivity index (χ1v) is 17.8. The van der Waals surface area contributed by atoms with E-state index in [2.05, 4.69) is 86.0 Å². The molecule has 2 atom stereocenters. The van der Waals surface area contributed by atoms with Gasteiger partial charge in [-0.2, -0.15) is 0 Å². The van der Waals surface area contributed by atoms with Gasteiger partial charge in [0.15, 0.2) is 0 Å². The highest BCUT2D eigenvalue weighted by atomic mass is 16.3. The summed E-state index contributed by atoms with van der Waals surface area (Å²) in [5.74, 6) is -0.163. The van der Waals surface area contributed by atoms with Gasteiger partial charge in [-0.3, -0.25) is 4.79 Å². The Bertz CT molecular complexity index is 834. The fourth-order valence-corrected chi connectivity index (χ4v) is 4.63. The van der Waals surface area contributed by atoms with E-state index in [0.717, 1.165) is 51.4 Å². The molecule has 1 amide bonds. The van der Waals surface area contributed by atoms with Crippen LogP contribution in [0, 0.1) is 0 Å². The van der Waals surface area contributed by atoms with Crippen molar-refractivity contribution in [2.24, 2.45) is 0 Å². The number of aliphatic hydroxyl groups excluding tert-OH is 2. The summed E-state index contributed by atoms with van der Waals surface area (Å²) in [6.07, 6.45) is 51.1. The van der Waals surface area contributed by atoms with E-state index < -0.39 is 12.1 Å². The van der Waals surface area contributed by atoms with Crippen LogP contribution in [0.15, 0.2) is 85.1 Å². The van der Waals surface area contributed by atoms with Gasteiger partial charge in [0.25, 0.3) is 0 Å². The summed E-state index contributed by atoms with van der Waals surface area (Å²) >= 11 is 0. The van der Waals surface area contributed by atoms with Gasteiger partial charge >= 0.3 is 0 Å². The predicted octanol–water partition coefficient (Wildman–Crippen LogP) is 10.6. The SMILES string of the molecule is CC/C=C\C/C=C\C/C=C\C/C=C\CCC(=O)NC(CO)C(O)/C=C/CC/C=C/CC/C=C/CCCCCCCCCCC. The maximum absolute atomic E-state index is 12.2. The molecule has 4 heteroatoms. The summed E-state index contributed by atoms with van der Waals surface area (Å²) in [5, 5.41) is 22.8. The zero-order valence-electron chi connectivity index (χ0n) is 28.4. The van der Waals surface area contributed by atoms with E-state index in [9.17, 15) is 15.0 Å². The van der Waals surface area contributed by atoms with Crippen LogP contribution in [0.5, 0.6) is 0 Å². The van der Waals surface area contributed by atoms with Gasteiger partial charge in [-0.1, -0.05) is 150 Å². The van der Waals surface area contributed by atoms with Crippen LogP contribution in [0.3, 0.4) is 0 Å². The smallest absolute Gasteiger partial charge is 0.220 e. The second-order valence-corrected chi connectivity index (χ2v) is 11.5. The molecule has 0 spiro atoms. The van der Waals surface area contributed by atoms with Crippen LogP contribution in [-0.4, -0.2) is 34.9 Å². The van der Waals surface area contributed by atoms with Gasteiger partial charge in [0.2, 0.25) is 5.91 Å². The Morgan fingerprint density at radius 2 is 1.02 bits per heavy atom. The monoisotopic (exact) mass is 610 g/mol. The Morgan fingerprint density at radius 1 is 0.568 bits per heavy atom. The molecule has 0 aromatic rings. The Balaban J connectivity index is 3.85. The third-order valence-corrected chi connectivity index (χ3v) is 7.35. The molecule has 3 N–H and O–H groups in total. The van der Waals surface area contributed by atoms with E-state index in [-0.39, 0.29) is 12.5 Å². The summed E-state index contributed by atoms with van der Waals surface area (Å²) in [4.78, 5) is 12.2. The molecule has 0 radical (unpaired) electrons. The molecule has 250 valence electrons. The number of hydrogen-bond acceptors (Lipinski definition) is 3. The average Bonchev–Trinajstić information content (AvgIpc) is 3.03. The number of rotatable bonds is 30. The summed E-state index contributed by atoms with van der Waals surface area (Å²) in [7, 11) is 0. The number of allylic oxidation sites excluding steroid dienone is 13. The third kappa shape index (κ3) is 31.0. The minimum Gasteiger partial charge on any atom is -0.394 e. The van der Waals surface area contributed by atoms with E-state index >= 15 is 0 Å². The van der Waals surface area contributed by atoms with Gasteiger partial charge in [-0.25, -0.2) is 0 Å². The minimum atomic E-state index is -0.902.